The summed E-state index contributed by atoms with van der Waals surface area (Å²) in [5, 5.41) is 10.8. The van der Waals surface area contributed by atoms with E-state index in [0.717, 1.165) is 13.6 Å². The van der Waals surface area contributed by atoms with Gasteiger partial charge in [-0.1, -0.05) is 0 Å². The van der Waals surface area contributed by atoms with Crippen molar-refractivity contribution in [2.75, 3.05) is 0 Å². The van der Waals surface area contributed by atoms with E-state index in [-0.39, 0.29) is 0 Å². The van der Waals surface area contributed by atoms with Gasteiger partial charge in [-0.25, -0.2) is 4.98 Å². The lowest BCUT2D eigenvalue weighted by Crippen LogP contribution is -2.28. The van der Waals surface area contributed by atoms with Gasteiger partial charge in [0.15, 0.2) is 0 Å². The van der Waals surface area contributed by atoms with Crippen LogP contribution in [0.15, 0.2) is 34.9 Å². The number of hydrogen-bond acceptors (Lipinski definition) is 3. The van der Waals surface area contributed by atoms with Crippen molar-refractivity contribution in [3.63, 3.8) is 0 Å². The molecule has 18 heavy (non-hydrogen) atoms. The van der Waals surface area contributed by atoms with Gasteiger partial charge in [-0.3, -0.25) is 0 Å². The van der Waals surface area contributed by atoms with Gasteiger partial charge in [0.25, 0.3) is 0 Å². The largest absolute Gasteiger partial charge is 0.438 e. The molecule has 0 spiro atoms. The molecular weight excluding hydrogens is 409 g/mol. The Morgan fingerprint density at radius 1 is 1.33 bits per heavy atom. The molecule has 0 aliphatic carbocycles. The Bertz CT molecular complexity index is 589. The lowest BCUT2D eigenvalue weighted by Gasteiger charge is -2.32. The molecule has 2 aromatic rings. The summed E-state index contributed by atoms with van der Waals surface area (Å²) in [6.45, 7) is 1.76. The van der Waals surface area contributed by atoms with Gasteiger partial charge < -0.3 is 9.84 Å². The highest BCUT2D eigenvalue weighted by atomic mass is 127. The van der Waals surface area contributed by atoms with Gasteiger partial charge in [0.1, 0.15) is 11.4 Å². The number of rotatable bonds is 0. The Morgan fingerprint density at radius 3 is 2.89 bits per heavy atom. The highest BCUT2D eigenvalue weighted by Gasteiger charge is 2.37. The summed E-state index contributed by atoms with van der Waals surface area (Å²) in [5.74, 6) is 1.11. The van der Waals surface area contributed by atoms with Gasteiger partial charge in [-0.05, 0) is 69.7 Å². The number of hydrogen-bond donors (Lipinski definition) is 1. The third-order valence-electron chi connectivity index (χ3n) is 3.01. The molecule has 1 aliphatic heterocycles. The molecule has 5 heteroatoms. The summed E-state index contributed by atoms with van der Waals surface area (Å²) in [5.41, 5.74) is 0.342. The number of fused-ring (bicyclic) bond motifs is 2. The fourth-order valence-corrected chi connectivity index (χ4v) is 2.90. The van der Waals surface area contributed by atoms with Crippen molar-refractivity contribution in [1.29, 1.82) is 0 Å². The van der Waals surface area contributed by atoms with Crippen LogP contribution in [0.2, 0.25) is 0 Å². The molecule has 3 nitrogen and oxygen atoms in total. The molecule has 2 heterocycles. The fraction of sp³-hybridized carbons (Fsp3) is 0.154. The van der Waals surface area contributed by atoms with Crippen LogP contribution in [-0.4, -0.2) is 10.1 Å². The molecule has 0 amide bonds. The first-order valence-electron chi connectivity index (χ1n) is 5.35. The molecule has 3 rings (SSSR count). The highest BCUT2D eigenvalue weighted by molar-refractivity contribution is 14.1. The molecule has 1 aliphatic rings. The molecule has 1 atom stereocenters. The van der Waals surface area contributed by atoms with E-state index < -0.39 is 5.60 Å². The van der Waals surface area contributed by atoms with E-state index in [1.165, 1.54) is 0 Å². The summed E-state index contributed by atoms with van der Waals surface area (Å²) >= 11 is 5.58. The second-order valence-corrected chi connectivity index (χ2v) is 6.48. The molecule has 1 aromatic carbocycles. The van der Waals surface area contributed by atoms with Crippen molar-refractivity contribution >= 4 is 38.5 Å². The van der Waals surface area contributed by atoms with Crippen molar-refractivity contribution in [1.82, 2.24) is 4.98 Å². The van der Waals surface area contributed by atoms with Crippen LogP contribution in [0.3, 0.4) is 0 Å². The Morgan fingerprint density at radius 2 is 2.11 bits per heavy atom. The van der Waals surface area contributed by atoms with Crippen LogP contribution < -0.4 is 4.74 Å². The average molecular weight is 418 g/mol. The van der Waals surface area contributed by atoms with E-state index in [1.807, 2.05) is 24.3 Å². The van der Waals surface area contributed by atoms with Crippen LogP contribution in [0, 0.1) is 3.57 Å². The van der Waals surface area contributed by atoms with Crippen LogP contribution >= 0.6 is 38.5 Å². The maximum absolute atomic E-state index is 10.8. The third kappa shape index (κ3) is 1.85. The second-order valence-electron chi connectivity index (χ2n) is 4.32. The molecule has 0 radical (unpaired) electrons. The molecule has 0 saturated heterocycles. The Kier molecular flexibility index (Phi) is 2.87. The Hall–Kier alpha value is -0.660. The molecular formula is C13H9BrINO2. The van der Waals surface area contributed by atoms with Crippen LogP contribution in [-0.2, 0) is 5.60 Å². The number of nitrogens with zero attached hydrogens (tertiary/aromatic N) is 1. The van der Waals surface area contributed by atoms with E-state index in [2.05, 4.69) is 43.5 Å². The number of ether oxygens (including phenoxy) is 1. The zero-order chi connectivity index (χ0) is 12.9. The third-order valence-corrected chi connectivity index (χ3v) is 4.12. The van der Waals surface area contributed by atoms with Crippen LogP contribution in [0.4, 0.5) is 0 Å². The quantitative estimate of drug-likeness (QED) is 0.663. The standard InChI is InChI=1S/C13H9BrINO2/c1-13(17)9-5-8(15)2-3-11(9)18-12-10(13)4-7(14)6-16-12/h2-6,17H,1H3. The normalized spacial score (nSPS) is 20.9. The molecule has 0 bridgehead atoms. The summed E-state index contributed by atoms with van der Waals surface area (Å²) < 4.78 is 7.60. The first-order chi connectivity index (χ1) is 8.48. The van der Waals surface area contributed by atoms with Gasteiger partial charge in [-0.15, -0.1) is 0 Å². The van der Waals surface area contributed by atoms with Gasteiger partial charge in [0.05, 0.1) is 5.56 Å². The minimum absolute atomic E-state index is 0.455. The first-order valence-corrected chi connectivity index (χ1v) is 7.22. The van der Waals surface area contributed by atoms with E-state index in [0.29, 0.717) is 17.2 Å². The lowest BCUT2D eigenvalue weighted by molar-refractivity contribution is 0.0887. The molecule has 0 fully saturated rings. The number of halogens is 2. The molecule has 92 valence electrons. The van der Waals surface area contributed by atoms with Crippen molar-refractivity contribution in [3.8, 4) is 11.6 Å². The van der Waals surface area contributed by atoms with E-state index >= 15 is 0 Å². The van der Waals surface area contributed by atoms with Crippen molar-refractivity contribution in [2.24, 2.45) is 0 Å². The predicted molar refractivity (Wildman–Crippen MR) is 79.8 cm³/mol. The van der Waals surface area contributed by atoms with Crippen LogP contribution in [0.5, 0.6) is 11.6 Å². The Balaban J connectivity index is 2.27. The number of aliphatic hydroxyl groups is 1. The fourth-order valence-electron chi connectivity index (χ4n) is 2.08. The van der Waals surface area contributed by atoms with Gasteiger partial charge in [0, 0.05) is 19.8 Å². The minimum Gasteiger partial charge on any atom is -0.438 e. The first kappa shape index (κ1) is 12.4. The number of benzene rings is 1. The predicted octanol–water partition coefficient (Wildman–Crippen LogP) is 3.81. The van der Waals surface area contributed by atoms with Gasteiger partial charge >= 0.3 is 0 Å². The summed E-state index contributed by atoms with van der Waals surface area (Å²) in [6.07, 6.45) is 1.66. The van der Waals surface area contributed by atoms with E-state index in [1.54, 1.807) is 13.1 Å². The van der Waals surface area contributed by atoms with Crippen LogP contribution in [0.25, 0.3) is 0 Å². The molecule has 1 unspecified atom stereocenters. The second kappa shape index (κ2) is 4.18. The topological polar surface area (TPSA) is 42.4 Å². The van der Waals surface area contributed by atoms with Crippen molar-refractivity contribution in [2.45, 2.75) is 12.5 Å². The maximum Gasteiger partial charge on any atom is 0.225 e. The molecule has 1 N–H and O–H groups in total. The summed E-state index contributed by atoms with van der Waals surface area (Å²) in [4.78, 5) is 4.20. The van der Waals surface area contributed by atoms with Gasteiger partial charge in [-0.2, -0.15) is 0 Å². The Labute approximate surface area is 126 Å². The van der Waals surface area contributed by atoms with Crippen molar-refractivity contribution < 1.29 is 9.84 Å². The van der Waals surface area contributed by atoms with Crippen LogP contribution in [0.1, 0.15) is 18.1 Å². The molecule has 0 saturated carbocycles. The summed E-state index contributed by atoms with van der Waals surface area (Å²) in [7, 11) is 0. The highest BCUT2D eigenvalue weighted by Crippen LogP contribution is 2.46. The number of aromatic nitrogens is 1. The summed E-state index contributed by atoms with van der Waals surface area (Å²) in [6, 6.07) is 7.57. The maximum atomic E-state index is 10.8. The van der Waals surface area contributed by atoms with E-state index in [4.69, 9.17) is 4.74 Å². The average Bonchev–Trinajstić information content (AvgIpc) is 2.32. The van der Waals surface area contributed by atoms with Crippen molar-refractivity contribution in [3.05, 3.63) is 49.6 Å². The smallest absolute Gasteiger partial charge is 0.225 e. The zero-order valence-electron chi connectivity index (χ0n) is 9.45. The number of pyridine rings is 1. The SMILES string of the molecule is CC1(O)c2cc(I)ccc2Oc2ncc(Br)cc21. The zero-order valence-corrected chi connectivity index (χ0v) is 13.2. The van der Waals surface area contributed by atoms with Gasteiger partial charge in [0.2, 0.25) is 5.88 Å². The monoisotopic (exact) mass is 417 g/mol. The minimum atomic E-state index is -1.10. The van der Waals surface area contributed by atoms with E-state index in [9.17, 15) is 5.11 Å². The lowest BCUT2D eigenvalue weighted by atomic mass is 9.86. The molecule has 1 aromatic heterocycles.